The maximum atomic E-state index is 12.5. The van der Waals surface area contributed by atoms with Crippen molar-refractivity contribution >= 4 is 23.2 Å². The van der Waals surface area contributed by atoms with Gasteiger partial charge in [-0.1, -0.05) is 6.07 Å². The van der Waals surface area contributed by atoms with Crippen LogP contribution in [0.25, 0.3) is 0 Å². The second-order valence-corrected chi connectivity index (χ2v) is 5.59. The van der Waals surface area contributed by atoms with Crippen LogP contribution in [-0.4, -0.2) is 30.6 Å². The van der Waals surface area contributed by atoms with Gasteiger partial charge in [0.1, 0.15) is 5.56 Å². The lowest BCUT2D eigenvalue weighted by atomic mass is 10.1. The molecule has 0 aromatic carbocycles. The third-order valence-electron chi connectivity index (χ3n) is 3.09. The van der Waals surface area contributed by atoms with Crippen molar-refractivity contribution in [3.8, 4) is 5.88 Å². The molecule has 7 heteroatoms. The van der Waals surface area contributed by atoms with Crippen LogP contribution >= 0.6 is 11.3 Å². The third kappa shape index (κ3) is 4.53. The summed E-state index contributed by atoms with van der Waals surface area (Å²) in [6.07, 6.45) is 1.62. The van der Waals surface area contributed by atoms with Crippen LogP contribution < -0.4 is 10.1 Å². The van der Waals surface area contributed by atoms with Crippen molar-refractivity contribution in [3.05, 3.63) is 46.3 Å². The Kier molecular flexibility index (Phi) is 6.10. The average Bonchev–Trinajstić information content (AvgIpc) is 3.09. The highest BCUT2D eigenvalue weighted by Crippen LogP contribution is 2.24. The molecule has 2 aromatic rings. The molecule has 1 atom stereocenters. The van der Waals surface area contributed by atoms with E-state index in [1.54, 1.807) is 18.3 Å². The number of pyridine rings is 1. The maximum absolute atomic E-state index is 12.5. The molecule has 2 rings (SSSR count). The van der Waals surface area contributed by atoms with Gasteiger partial charge in [0, 0.05) is 11.1 Å². The Morgan fingerprint density at radius 1 is 1.35 bits per heavy atom. The van der Waals surface area contributed by atoms with Gasteiger partial charge in [-0.15, -0.1) is 11.3 Å². The van der Waals surface area contributed by atoms with Gasteiger partial charge in [0.05, 0.1) is 26.2 Å². The molecule has 6 nitrogen and oxygen atoms in total. The summed E-state index contributed by atoms with van der Waals surface area (Å²) in [7, 11) is 1.32. The largest absolute Gasteiger partial charge is 0.477 e. The minimum atomic E-state index is -0.454. The first-order valence-electron chi connectivity index (χ1n) is 7.14. The highest BCUT2D eigenvalue weighted by molar-refractivity contribution is 7.10. The van der Waals surface area contributed by atoms with Crippen LogP contribution in [0.2, 0.25) is 0 Å². The molecular weight excluding hydrogens is 316 g/mol. The van der Waals surface area contributed by atoms with Gasteiger partial charge < -0.3 is 14.8 Å². The van der Waals surface area contributed by atoms with E-state index in [1.165, 1.54) is 18.4 Å². The molecule has 0 unspecified atom stereocenters. The zero-order chi connectivity index (χ0) is 16.7. The number of nitrogens with zero attached hydrogens (tertiary/aromatic N) is 1. The van der Waals surface area contributed by atoms with Gasteiger partial charge in [0.15, 0.2) is 0 Å². The Morgan fingerprint density at radius 3 is 2.83 bits per heavy atom. The summed E-state index contributed by atoms with van der Waals surface area (Å²) in [5, 5.41) is 4.74. The number of rotatable bonds is 7. The Labute approximate surface area is 138 Å². The lowest BCUT2D eigenvalue weighted by Gasteiger charge is -2.17. The zero-order valence-electron chi connectivity index (χ0n) is 12.9. The van der Waals surface area contributed by atoms with Gasteiger partial charge in [0.25, 0.3) is 5.91 Å². The summed E-state index contributed by atoms with van der Waals surface area (Å²) in [5.41, 5.74) is 0.334. The number of carbonyl (C=O) groups excluding carboxylic acids is 2. The Morgan fingerprint density at radius 2 is 2.17 bits per heavy atom. The maximum Gasteiger partial charge on any atom is 0.307 e. The quantitative estimate of drug-likeness (QED) is 0.788. The molecule has 0 aliphatic heterocycles. The molecule has 23 heavy (non-hydrogen) atoms. The summed E-state index contributed by atoms with van der Waals surface area (Å²) < 4.78 is 10.1. The van der Waals surface area contributed by atoms with E-state index in [-0.39, 0.29) is 24.2 Å². The van der Waals surface area contributed by atoms with Gasteiger partial charge >= 0.3 is 5.97 Å². The average molecular weight is 334 g/mol. The zero-order valence-corrected chi connectivity index (χ0v) is 13.8. The van der Waals surface area contributed by atoms with Crippen LogP contribution in [0.5, 0.6) is 5.88 Å². The van der Waals surface area contributed by atoms with Crippen LogP contribution in [0, 0.1) is 0 Å². The summed E-state index contributed by atoms with van der Waals surface area (Å²) in [6.45, 7) is 2.23. The Hall–Kier alpha value is -2.41. The standard InChI is InChI=1S/C16H18N2O4S/c1-3-22-16-11(6-4-8-17-16)15(20)18-12(10-14(19)21-2)13-7-5-9-23-13/h4-9,12H,3,10H2,1-2H3,(H,18,20)/t12-/m0/s1. The van der Waals surface area contributed by atoms with Crippen molar-refractivity contribution in [3.63, 3.8) is 0 Å². The Balaban J connectivity index is 2.19. The molecular formula is C16H18N2O4S. The van der Waals surface area contributed by atoms with Crippen molar-refractivity contribution < 1.29 is 19.1 Å². The predicted octanol–water partition coefficient (Wildman–Crippen LogP) is 2.58. The molecule has 0 radical (unpaired) electrons. The monoisotopic (exact) mass is 334 g/mol. The molecule has 2 heterocycles. The van der Waals surface area contributed by atoms with Crippen molar-refractivity contribution in [2.75, 3.05) is 13.7 Å². The highest BCUT2D eigenvalue weighted by Gasteiger charge is 2.22. The minimum Gasteiger partial charge on any atom is -0.477 e. The number of amides is 1. The molecule has 0 bridgehead atoms. The number of carbonyl (C=O) groups is 2. The molecule has 0 spiro atoms. The molecule has 0 aliphatic carbocycles. The lowest BCUT2D eigenvalue weighted by Crippen LogP contribution is -2.30. The van der Waals surface area contributed by atoms with Crippen molar-refractivity contribution in [1.82, 2.24) is 10.3 Å². The summed E-state index contributed by atoms with van der Waals surface area (Å²) in [6, 6.07) is 6.58. The van der Waals surface area contributed by atoms with Gasteiger partial charge in [-0.2, -0.15) is 0 Å². The molecule has 0 saturated carbocycles. The molecule has 0 fully saturated rings. The lowest BCUT2D eigenvalue weighted by molar-refractivity contribution is -0.141. The van der Waals surface area contributed by atoms with Crippen LogP contribution in [0.15, 0.2) is 35.8 Å². The van der Waals surface area contributed by atoms with Gasteiger partial charge in [-0.05, 0) is 30.5 Å². The normalized spacial score (nSPS) is 11.6. The Bertz CT molecular complexity index is 658. The molecule has 0 saturated heterocycles. The minimum absolute atomic E-state index is 0.0625. The summed E-state index contributed by atoms with van der Waals surface area (Å²) >= 11 is 1.47. The molecule has 2 aromatic heterocycles. The fraction of sp³-hybridized carbons (Fsp3) is 0.312. The van der Waals surface area contributed by atoms with Gasteiger partial charge in [-0.3, -0.25) is 9.59 Å². The highest BCUT2D eigenvalue weighted by atomic mass is 32.1. The van der Waals surface area contributed by atoms with Crippen LogP contribution in [0.1, 0.15) is 34.6 Å². The van der Waals surface area contributed by atoms with E-state index in [9.17, 15) is 9.59 Å². The van der Waals surface area contributed by atoms with Crippen molar-refractivity contribution in [2.24, 2.45) is 0 Å². The SMILES string of the molecule is CCOc1ncccc1C(=O)N[C@@H](CC(=O)OC)c1cccs1. The smallest absolute Gasteiger partial charge is 0.307 e. The summed E-state index contributed by atoms with van der Waals surface area (Å²) in [5.74, 6) is -0.459. The first kappa shape index (κ1) is 17.0. The number of hydrogen-bond acceptors (Lipinski definition) is 6. The number of nitrogens with one attached hydrogen (secondary N) is 1. The number of ether oxygens (including phenoxy) is 2. The molecule has 1 amide bonds. The van der Waals surface area contributed by atoms with Crippen LogP contribution in [0.3, 0.4) is 0 Å². The molecule has 0 aliphatic rings. The topological polar surface area (TPSA) is 77.5 Å². The predicted molar refractivity (Wildman–Crippen MR) is 86.6 cm³/mol. The van der Waals surface area contributed by atoms with E-state index in [1.807, 2.05) is 24.4 Å². The third-order valence-corrected chi connectivity index (χ3v) is 4.07. The summed E-state index contributed by atoms with van der Waals surface area (Å²) in [4.78, 5) is 29.1. The first-order chi connectivity index (χ1) is 11.2. The van der Waals surface area contributed by atoms with E-state index in [4.69, 9.17) is 9.47 Å². The number of methoxy groups -OCH3 is 1. The van der Waals surface area contributed by atoms with E-state index in [0.717, 1.165) is 4.88 Å². The fourth-order valence-corrected chi connectivity index (χ4v) is 2.79. The van der Waals surface area contributed by atoms with Crippen molar-refractivity contribution in [2.45, 2.75) is 19.4 Å². The van der Waals surface area contributed by atoms with E-state index in [0.29, 0.717) is 12.2 Å². The van der Waals surface area contributed by atoms with Gasteiger partial charge in [0.2, 0.25) is 5.88 Å². The molecule has 1 N–H and O–H groups in total. The number of thiophene rings is 1. The first-order valence-corrected chi connectivity index (χ1v) is 8.02. The second-order valence-electron chi connectivity index (χ2n) is 4.61. The second kappa shape index (κ2) is 8.28. The van der Waals surface area contributed by atoms with E-state index in [2.05, 4.69) is 10.3 Å². The number of hydrogen-bond donors (Lipinski definition) is 1. The fourth-order valence-electron chi connectivity index (χ4n) is 2.01. The van der Waals surface area contributed by atoms with E-state index < -0.39 is 6.04 Å². The van der Waals surface area contributed by atoms with E-state index >= 15 is 0 Å². The van der Waals surface area contributed by atoms with Crippen LogP contribution in [-0.2, 0) is 9.53 Å². The molecule has 122 valence electrons. The van der Waals surface area contributed by atoms with Gasteiger partial charge in [-0.25, -0.2) is 4.98 Å². The number of esters is 1. The van der Waals surface area contributed by atoms with Crippen LogP contribution in [0.4, 0.5) is 0 Å². The van der Waals surface area contributed by atoms with Crippen molar-refractivity contribution in [1.29, 1.82) is 0 Å². The number of aromatic nitrogens is 1.